The number of pyridine rings is 1. The van der Waals surface area contributed by atoms with Crippen molar-refractivity contribution in [3.8, 4) is 11.1 Å². The van der Waals surface area contributed by atoms with Crippen LogP contribution >= 0.6 is 0 Å². The zero-order valence-electron chi connectivity index (χ0n) is 15.8. The molecule has 0 radical (unpaired) electrons. The lowest BCUT2D eigenvalue weighted by Gasteiger charge is -2.14. The Bertz CT molecular complexity index is 1250. The third kappa shape index (κ3) is 2.97. The van der Waals surface area contributed by atoms with Gasteiger partial charge in [-0.2, -0.15) is 5.10 Å². The Morgan fingerprint density at radius 2 is 1.70 bits per heavy atom. The number of aromatic carboxylic acids is 1. The second-order valence-electron chi connectivity index (χ2n) is 7.06. The first-order chi connectivity index (χ1) is 14.6. The maximum Gasteiger partial charge on any atom is 0.411 e. The Morgan fingerprint density at radius 1 is 1.03 bits per heavy atom. The predicted octanol–water partition coefficient (Wildman–Crippen LogP) is 4.39. The quantitative estimate of drug-likeness (QED) is 0.531. The number of benzene rings is 2. The number of ether oxygens (including phenoxy) is 1. The van der Waals surface area contributed by atoms with Gasteiger partial charge in [0.2, 0.25) is 0 Å². The summed E-state index contributed by atoms with van der Waals surface area (Å²) >= 11 is 0. The third-order valence-electron chi connectivity index (χ3n) is 5.35. The van der Waals surface area contributed by atoms with Crippen LogP contribution in [0.1, 0.15) is 27.4 Å². The molecule has 0 fully saturated rings. The minimum absolute atomic E-state index is 0.0364. The molecule has 0 unspecified atom stereocenters. The van der Waals surface area contributed by atoms with E-state index < -0.39 is 12.1 Å². The van der Waals surface area contributed by atoms with E-state index in [2.05, 4.69) is 34.7 Å². The van der Waals surface area contributed by atoms with Gasteiger partial charge in [-0.3, -0.25) is 5.32 Å². The molecule has 5 rings (SSSR count). The van der Waals surface area contributed by atoms with Crippen molar-refractivity contribution in [1.29, 1.82) is 0 Å². The van der Waals surface area contributed by atoms with Crippen LogP contribution in [0.3, 0.4) is 0 Å². The van der Waals surface area contributed by atoms with Gasteiger partial charge in [0.1, 0.15) is 6.61 Å². The van der Waals surface area contributed by atoms with Gasteiger partial charge in [-0.1, -0.05) is 48.5 Å². The van der Waals surface area contributed by atoms with Crippen molar-refractivity contribution < 1.29 is 19.4 Å². The van der Waals surface area contributed by atoms with Crippen molar-refractivity contribution in [2.75, 3.05) is 11.9 Å². The first kappa shape index (κ1) is 17.9. The number of anilines is 1. The minimum atomic E-state index is -1.05. The van der Waals surface area contributed by atoms with E-state index in [1.165, 1.54) is 29.0 Å². The van der Waals surface area contributed by atoms with Crippen molar-refractivity contribution in [3.05, 3.63) is 89.7 Å². The second kappa shape index (κ2) is 7.04. The van der Waals surface area contributed by atoms with Gasteiger partial charge in [-0.25, -0.2) is 14.1 Å². The highest BCUT2D eigenvalue weighted by Crippen LogP contribution is 2.44. The summed E-state index contributed by atoms with van der Waals surface area (Å²) in [6.45, 7) is 0.194. The number of carbonyl (C=O) groups is 2. The highest BCUT2D eigenvalue weighted by Gasteiger charge is 2.29. The number of carbonyl (C=O) groups excluding carboxylic acids is 1. The molecular weight excluding hydrogens is 382 g/mol. The van der Waals surface area contributed by atoms with Crippen molar-refractivity contribution in [2.24, 2.45) is 0 Å². The average molecular weight is 399 g/mol. The summed E-state index contributed by atoms with van der Waals surface area (Å²) in [7, 11) is 0. The highest BCUT2D eigenvalue weighted by atomic mass is 16.5. The van der Waals surface area contributed by atoms with E-state index in [-0.39, 0.29) is 18.1 Å². The molecule has 148 valence electrons. The molecule has 0 bridgehead atoms. The fraction of sp³-hybridized carbons (Fsp3) is 0.0870. The third-order valence-corrected chi connectivity index (χ3v) is 5.35. The van der Waals surface area contributed by atoms with E-state index in [4.69, 9.17) is 4.74 Å². The maximum absolute atomic E-state index is 12.5. The van der Waals surface area contributed by atoms with E-state index in [0.717, 1.165) is 22.3 Å². The number of amides is 1. The van der Waals surface area contributed by atoms with E-state index in [1.807, 2.05) is 24.3 Å². The smallest absolute Gasteiger partial charge is 0.411 e. The summed E-state index contributed by atoms with van der Waals surface area (Å²) in [6.07, 6.45) is 2.37. The summed E-state index contributed by atoms with van der Waals surface area (Å²) in [5.74, 6) is -1.09. The van der Waals surface area contributed by atoms with Crippen LogP contribution < -0.4 is 5.32 Å². The molecule has 0 atom stereocenters. The normalized spacial score (nSPS) is 12.4. The van der Waals surface area contributed by atoms with Crippen LogP contribution in [0.5, 0.6) is 0 Å². The predicted molar refractivity (Wildman–Crippen MR) is 111 cm³/mol. The summed E-state index contributed by atoms with van der Waals surface area (Å²) in [6, 6.07) is 19.1. The van der Waals surface area contributed by atoms with Gasteiger partial charge in [0.15, 0.2) is 0 Å². The lowest BCUT2D eigenvalue weighted by atomic mass is 9.98. The van der Waals surface area contributed by atoms with Crippen LogP contribution in [0.25, 0.3) is 16.6 Å². The molecule has 1 amide bonds. The van der Waals surface area contributed by atoms with Crippen molar-refractivity contribution in [1.82, 2.24) is 9.61 Å². The number of hydrogen-bond donors (Lipinski definition) is 2. The standard InChI is InChI=1S/C23H17N3O4/c27-22(28)14-9-10-26-21(11-14)20(12-24-26)25-23(29)30-13-19-17-7-3-1-5-15(17)16-6-2-4-8-18(16)19/h1-12,19H,13H2,(H,25,29)(H,27,28). The van der Waals surface area contributed by atoms with Crippen molar-refractivity contribution >= 4 is 23.3 Å². The van der Waals surface area contributed by atoms with E-state index in [0.29, 0.717) is 11.2 Å². The van der Waals surface area contributed by atoms with Crippen LogP contribution in [-0.2, 0) is 4.74 Å². The number of rotatable bonds is 4. The van der Waals surface area contributed by atoms with Gasteiger partial charge in [0.25, 0.3) is 0 Å². The average Bonchev–Trinajstić information content (AvgIpc) is 3.31. The summed E-state index contributed by atoms with van der Waals surface area (Å²) < 4.78 is 7.03. The van der Waals surface area contributed by atoms with E-state index in [1.54, 1.807) is 0 Å². The van der Waals surface area contributed by atoms with Crippen LogP contribution in [0.15, 0.2) is 73.1 Å². The molecule has 0 saturated carbocycles. The number of fused-ring (bicyclic) bond motifs is 4. The van der Waals surface area contributed by atoms with Crippen LogP contribution in [0.4, 0.5) is 10.5 Å². The molecule has 7 nitrogen and oxygen atoms in total. The Labute approximate surface area is 171 Å². The highest BCUT2D eigenvalue weighted by molar-refractivity contribution is 5.94. The van der Waals surface area contributed by atoms with Gasteiger partial charge >= 0.3 is 12.1 Å². The van der Waals surface area contributed by atoms with E-state index >= 15 is 0 Å². The largest absolute Gasteiger partial charge is 0.478 e. The lowest BCUT2D eigenvalue weighted by molar-refractivity contribution is 0.0697. The molecule has 2 heterocycles. The Kier molecular flexibility index (Phi) is 4.21. The first-order valence-electron chi connectivity index (χ1n) is 9.44. The van der Waals surface area contributed by atoms with E-state index in [9.17, 15) is 14.7 Å². The first-order valence-corrected chi connectivity index (χ1v) is 9.44. The summed E-state index contributed by atoms with van der Waals surface area (Å²) in [5, 5.41) is 16.0. The Morgan fingerprint density at radius 3 is 2.37 bits per heavy atom. The minimum Gasteiger partial charge on any atom is -0.478 e. The van der Waals surface area contributed by atoms with Gasteiger partial charge in [0, 0.05) is 12.1 Å². The number of nitrogens with zero attached hydrogens (tertiary/aromatic N) is 2. The van der Waals surface area contributed by atoms with Crippen molar-refractivity contribution in [2.45, 2.75) is 5.92 Å². The molecule has 2 aromatic carbocycles. The molecule has 7 heteroatoms. The molecule has 0 saturated heterocycles. The zero-order valence-corrected chi connectivity index (χ0v) is 15.8. The number of carboxylic acid groups (broad SMARTS) is 1. The molecule has 0 spiro atoms. The van der Waals surface area contributed by atoms with Gasteiger partial charge in [-0.05, 0) is 34.4 Å². The zero-order chi connectivity index (χ0) is 20.7. The number of aromatic nitrogens is 2. The van der Waals surface area contributed by atoms with Crippen molar-refractivity contribution in [3.63, 3.8) is 0 Å². The molecule has 1 aliphatic carbocycles. The summed E-state index contributed by atoms with van der Waals surface area (Å²) in [5.41, 5.74) is 5.55. The summed E-state index contributed by atoms with van der Waals surface area (Å²) in [4.78, 5) is 23.7. The molecule has 4 aromatic rings. The Balaban J connectivity index is 1.34. The van der Waals surface area contributed by atoms with Gasteiger partial charge < -0.3 is 9.84 Å². The fourth-order valence-corrected chi connectivity index (χ4v) is 3.95. The van der Waals surface area contributed by atoms with Gasteiger partial charge in [-0.15, -0.1) is 0 Å². The number of hydrogen-bond acceptors (Lipinski definition) is 4. The van der Waals surface area contributed by atoms with Crippen LogP contribution in [-0.4, -0.2) is 33.4 Å². The Hall–Kier alpha value is -4.13. The monoisotopic (exact) mass is 399 g/mol. The number of nitrogens with one attached hydrogen (secondary N) is 1. The molecular formula is C23H17N3O4. The van der Waals surface area contributed by atoms with Gasteiger partial charge in [0.05, 0.1) is 23.0 Å². The molecule has 2 aromatic heterocycles. The van der Waals surface area contributed by atoms with Crippen LogP contribution in [0.2, 0.25) is 0 Å². The SMILES string of the molecule is O=C(Nc1cnn2ccc(C(=O)O)cc12)OCC1c2ccccc2-c2ccccc21. The molecule has 1 aliphatic rings. The molecule has 30 heavy (non-hydrogen) atoms. The maximum atomic E-state index is 12.5. The molecule has 2 N–H and O–H groups in total. The number of carboxylic acids is 1. The topological polar surface area (TPSA) is 92.9 Å². The molecule has 0 aliphatic heterocycles. The second-order valence-corrected chi connectivity index (χ2v) is 7.06. The lowest BCUT2D eigenvalue weighted by Crippen LogP contribution is -2.17. The van der Waals surface area contributed by atoms with Crippen LogP contribution in [0, 0.1) is 0 Å². The fourth-order valence-electron chi connectivity index (χ4n) is 3.95.